The number of halogens is 1. The molecule has 146 valence electrons. The van der Waals surface area contributed by atoms with Gasteiger partial charge in [0.1, 0.15) is 12.4 Å². The maximum Gasteiger partial charge on any atom is 0.263 e. The Morgan fingerprint density at radius 2 is 1.75 bits per heavy atom. The maximum absolute atomic E-state index is 9.12. The van der Waals surface area contributed by atoms with Gasteiger partial charge in [-0.25, -0.2) is 4.98 Å². The molecule has 1 aromatic heterocycles. The number of anilines is 1. The first-order chi connectivity index (χ1) is 13.6. The molecule has 0 bridgehead atoms. The van der Waals surface area contributed by atoms with Crippen LogP contribution in [-0.2, 0) is 6.42 Å². The van der Waals surface area contributed by atoms with Gasteiger partial charge in [-0.05, 0) is 29.8 Å². The zero-order chi connectivity index (χ0) is 19.9. The molecule has 7 nitrogen and oxygen atoms in total. The second-order valence-electron chi connectivity index (χ2n) is 5.79. The number of ether oxygens (including phenoxy) is 3. The molecule has 3 rings (SSSR count). The number of aliphatic hydroxyl groups excluding tert-OH is 1. The molecule has 0 fully saturated rings. The zero-order valence-electron chi connectivity index (χ0n) is 15.3. The Kier molecular flexibility index (Phi) is 6.52. The quantitative estimate of drug-likeness (QED) is 0.596. The Morgan fingerprint density at radius 1 is 1.04 bits per heavy atom. The van der Waals surface area contributed by atoms with Crippen LogP contribution >= 0.6 is 11.6 Å². The molecule has 2 aromatic carbocycles. The van der Waals surface area contributed by atoms with Gasteiger partial charge in [0.2, 0.25) is 5.75 Å². The fourth-order valence-electron chi connectivity index (χ4n) is 2.51. The summed E-state index contributed by atoms with van der Waals surface area (Å²) in [7, 11) is 1.54. The topological polar surface area (TPSA) is 99.7 Å². The van der Waals surface area contributed by atoms with Gasteiger partial charge in [0.15, 0.2) is 17.3 Å². The molecule has 3 N–H and O–H groups in total. The van der Waals surface area contributed by atoms with E-state index in [4.69, 9.17) is 36.7 Å². The summed E-state index contributed by atoms with van der Waals surface area (Å²) in [4.78, 5) is 8.75. The molecular formula is C20H20ClN3O4. The van der Waals surface area contributed by atoms with Crippen LogP contribution in [0, 0.1) is 0 Å². The zero-order valence-corrected chi connectivity index (χ0v) is 16.0. The van der Waals surface area contributed by atoms with Crippen molar-refractivity contribution in [1.82, 2.24) is 9.97 Å². The molecule has 0 aliphatic carbocycles. The standard InChI is InChI=1S/C20H20ClN3O4/c1-26-15-4-2-3-5-16(15)28-18-19(22)23-17(24-20(18)27-11-10-25)12-13-6-8-14(21)9-7-13/h2-9,25H,10-12H2,1H3,(H2,22,23,24). The van der Waals surface area contributed by atoms with Crippen LogP contribution in [0.25, 0.3) is 0 Å². The first kappa shape index (κ1) is 19.7. The molecule has 0 spiro atoms. The molecule has 0 saturated carbocycles. The molecule has 0 saturated heterocycles. The van der Waals surface area contributed by atoms with E-state index in [0.29, 0.717) is 28.8 Å². The Bertz CT molecular complexity index is 935. The van der Waals surface area contributed by atoms with Crippen molar-refractivity contribution in [2.24, 2.45) is 0 Å². The first-order valence-electron chi connectivity index (χ1n) is 8.56. The minimum Gasteiger partial charge on any atom is -0.493 e. The van der Waals surface area contributed by atoms with Crippen molar-refractivity contribution >= 4 is 17.4 Å². The van der Waals surface area contributed by atoms with Gasteiger partial charge in [-0.1, -0.05) is 35.9 Å². The predicted octanol–water partition coefficient (Wildman–Crippen LogP) is 3.48. The molecular weight excluding hydrogens is 382 g/mol. The second-order valence-corrected chi connectivity index (χ2v) is 6.22. The summed E-state index contributed by atoms with van der Waals surface area (Å²) >= 11 is 5.92. The summed E-state index contributed by atoms with van der Waals surface area (Å²) in [5, 5.41) is 9.77. The van der Waals surface area contributed by atoms with Crippen LogP contribution in [0.3, 0.4) is 0 Å². The molecule has 0 unspecified atom stereocenters. The van der Waals surface area contributed by atoms with Crippen molar-refractivity contribution in [2.75, 3.05) is 26.1 Å². The molecule has 3 aromatic rings. The number of para-hydroxylation sites is 2. The van der Waals surface area contributed by atoms with Crippen molar-refractivity contribution in [2.45, 2.75) is 6.42 Å². The second kappa shape index (κ2) is 9.25. The van der Waals surface area contributed by atoms with Gasteiger partial charge in [-0.2, -0.15) is 4.98 Å². The van der Waals surface area contributed by atoms with E-state index in [1.54, 1.807) is 37.4 Å². The van der Waals surface area contributed by atoms with Crippen LogP contribution in [0.1, 0.15) is 11.4 Å². The number of aromatic nitrogens is 2. The van der Waals surface area contributed by atoms with Crippen molar-refractivity contribution in [1.29, 1.82) is 0 Å². The Labute approximate surface area is 167 Å². The summed E-state index contributed by atoms with van der Waals surface area (Å²) in [5.74, 6) is 1.87. The fraction of sp³-hybridized carbons (Fsp3) is 0.200. The van der Waals surface area contributed by atoms with Crippen molar-refractivity contribution < 1.29 is 19.3 Å². The molecule has 0 amide bonds. The lowest BCUT2D eigenvalue weighted by atomic mass is 10.1. The number of nitrogens with two attached hydrogens (primary N) is 1. The summed E-state index contributed by atoms with van der Waals surface area (Å²) in [6.07, 6.45) is 0.436. The Morgan fingerprint density at radius 3 is 2.43 bits per heavy atom. The van der Waals surface area contributed by atoms with E-state index < -0.39 is 0 Å². The molecule has 1 heterocycles. The van der Waals surface area contributed by atoms with Gasteiger partial charge in [-0.15, -0.1) is 0 Å². The monoisotopic (exact) mass is 401 g/mol. The first-order valence-corrected chi connectivity index (χ1v) is 8.94. The average Bonchev–Trinajstić information content (AvgIpc) is 2.70. The van der Waals surface area contributed by atoms with E-state index in [0.717, 1.165) is 5.56 Å². The van der Waals surface area contributed by atoms with E-state index in [1.165, 1.54) is 0 Å². The fourth-order valence-corrected chi connectivity index (χ4v) is 2.63. The van der Waals surface area contributed by atoms with Crippen LogP contribution in [0.4, 0.5) is 5.82 Å². The van der Waals surface area contributed by atoms with E-state index in [2.05, 4.69) is 9.97 Å². The SMILES string of the molecule is COc1ccccc1Oc1c(N)nc(Cc2ccc(Cl)cc2)nc1OCCO. The highest BCUT2D eigenvalue weighted by molar-refractivity contribution is 6.30. The van der Waals surface area contributed by atoms with Gasteiger partial charge < -0.3 is 25.1 Å². The highest BCUT2D eigenvalue weighted by atomic mass is 35.5. The van der Waals surface area contributed by atoms with Crippen molar-refractivity contribution in [3.8, 4) is 23.1 Å². The van der Waals surface area contributed by atoms with E-state index in [-0.39, 0.29) is 30.7 Å². The average molecular weight is 402 g/mol. The molecule has 8 heteroatoms. The van der Waals surface area contributed by atoms with Crippen LogP contribution < -0.4 is 19.9 Å². The minimum absolute atomic E-state index is 0.0408. The lowest BCUT2D eigenvalue weighted by molar-refractivity contribution is 0.192. The van der Waals surface area contributed by atoms with E-state index >= 15 is 0 Å². The van der Waals surface area contributed by atoms with Gasteiger partial charge in [0.25, 0.3) is 5.88 Å². The van der Waals surface area contributed by atoms with Crippen LogP contribution in [-0.4, -0.2) is 35.4 Å². The summed E-state index contributed by atoms with van der Waals surface area (Å²) in [5.41, 5.74) is 7.10. The van der Waals surface area contributed by atoms with Gasteiger partial charge in [-0.3, -0.25) is 0 Å². The molecule has 0 aliphatic heterocycles. The van der Waals surface area contributed by atoms with E-state index in [1.807, 2.05) is 18.2 Å². The summed E-state index contributed by atoms with van der Waals surface area (Å²) in [6.45, 7) is -0.135. The smallest absolute Gasteiger partial charge is 0.263 e. The van der Waals surface area contributed by atoms with Crippen LogP contribution in [0.2, 0.25) is 5.02 Å². The number of nitrogens with zero attached hydrogens (tertiary/aromatic N) is 2. The highest BCUT2D eigenvalue weighted by Gasteiger charge is 2.18. The third-order valence-electron chi connectivity index (χ3n) is 3.79. The largest absolute Gasteiger partial charge is 0.493 e. The number of methoxy groups -OCH3 is 1. The molecule has 28 heavy (non-hydrogen) atoms. The number of benzene rings is 2. The lowest BCUT2D eigenvalue weighted by Crippen LogP contribution is -2.10. The third-order valence-corrected chi connectivity index (χ3v) is 4.05. The molecule has 0 radical (unpaired) electrons. The van der Waals surface area contributed by atoms with Crippen LogP contribution in [0.15, 0.2) is 48.5 Å². The highest BCUT2D eigenvalue weighted by Crippen LogP contribution is 2.38. The van der Waals surface area contributed by atoms with Gasteiger partial charge >= 0.3 is 0 Å². The predicted molar refractivity (Wildman–Crippen MR) is 106 cm³/mol. The summed E-state index contributed by atoms with van der Waals surface area (Å²) in [6, 6.07) is 14.5. The normalized spacial score (nSPS) is 10.5. The van der Waals surface area contributed by atoms with Gasteiger partial charge in [0.05, 0.1) is 13.7 Å². The van der Waals surface area contributed by atoms with Crippen molar-refractivity contribution in [3.05, 3.63) is 64.9 Å². The third kappa shape index (κ3) is 4.82. The number of rotatable bonds is 8. The number of hydrogen-bond acceptors (Lipinski definition) is 7. The van der Waals surface area contributed by atoms with Crippen molar-refractivity contribution in [3.63, 3.8) is 0 Å². The number of nitrogen functional groups attached to an aromatic ring is 1. The van der Waals surface area contributed by atoms with E-state index in [9.17, 15) is 0 Å². The lowest BCUT2D eigenvalue weighted by Gasteiger charge is -2.15. The maximum atomic E-state index is 9.12. The number of aliphatic hydroxyl groups is 1. The Hall–Kier alpha value is -3.03. The molecule has 0 aliphatic rings. The molecule has 0 atom stereocenters. The number of hydrogen-bond donors (Lipinski definition) is 2. The van der Waals surface area contributed by atoms with Crippen LogP contribution in [0.5, 0.6) is 23.1 Å². The van der Waals surface area contributed by atoms with Gasteiger partial charge in [0, 0.05) is 11.4 Å². The summed E-state index contributed by atoms with van der Waals surface area (Å²) < 4.78 is 16.7. The minimum atomic E-state index is -0.176. The Balaban J connectivity index is 1.93.